The molecule has 0 aromatic heterocycles. The summed E-state index contributed by atoms with van der Waals surface area (Å²) in [5.41, 5.74) is 2.24. The maximum absolute atomic E-state index is 15.5. The van der Waals surface area contributed by atoms with Crippen molar-refractivity contribution in [3.8, 4) is 11.1 Å². The van der Waals surface area contributed by atoms with Gasteiger partial charge in [-0.2, -0.15) is 0 Å². The van der Waals surface area contributed by atoms with Crippen molar-refractivity contribution < 1.29 is 22.3 Å². The van der Waals surface area contributed by atoms with E-state index in [9.17, 15) is 0 Å². The summed E-state index contributed by atoms with van der Waals surface area (Å²) in [7, 11) is 0. The largest absolute Gasteiger partial charge is 0.378 e. The predicted octanol–water partition coefficient (Wildman–Crippen LogP) is 9.64. The summed E-state index contributed by atoms with van der Waals surface area (Å²) in [6, 6.07) is 3.34. The number of ether oxygens (including phenoxy) is 1. The minimum absolute atomic E-state index is 0.115. The van der Waals surface area contributed by atoms with Crippen LogP contribution in [0.15, 0.2) is 18.2 Å². The van der Waals surface area contributed by atoms with Crippen molar-refractivity contribution in [2.24, 2.45) is 5.92 Å². The lowest BCUT2D eigenvalue weighted by Gasteiger charge is -2.29. The highest BCUT2D eigenvalue weighted by Crippen LogP contribution is 2.46. The van der Waals surface area contributed by atoms with E-state index in [2.05, 4.69) is 19.9 Å². The second-order valence-corrected chi connectivity index (χ2v) is 11.3. The molecule has 5 heteroatoms. The van der Waals surface area contributed by atoms with E-state index in [-0.39, 0.29) is 35.1 Å². The first-order valence-corrected chi connectivity index (χ1v) is 14.3. The Morgan fingerprint density at radius 2 is 1.57 bits per heavy atom. The average Bonchev–Trinajstić information content (AvgIpc) is 3.28. The van der Waals surface area contributed by atoms with Gasteiger partial charge in [0.15, 0.2) is 23.3 Å². The van der Waals surface area contributed by atoms with E-state index in [1.54, 1.807) is 12.1 Å². The van der Waals surface area contributed by atoms with E-state index in [1.807, 2.05) is 0 Å². The fraction of sp³-hybridized carbons (Fsp3) is 0.562. The van der Waals surface area contributed by atoms with Gasteiger partial charge in [-0.15, -0.1) is 0 Å². The minimum atomic E-state index is -1.07. The molecule has 0 saturated carbocycles. The molecule has 1 nitrogen and oxygen atoms in total. The second kappa shape index (κ2) is 11.3. The molecule has 1 saturated heterocycles. The van der Waals surface area contributed by atoms with E-state index in [1.165, 1.54) is 25.7 Å². The van der Waals surface area contributed by atoms with Crippen LogP contribution < -0.4 is 0 Å². The fourth-order valence-corrected chi connectivity index (χ4v) is 6.61. The van der Waals surface area contributed by atoms with Gasteiger partial charge in [0, 0.05) is 22.6 Å². The Hall–Kier alpha value is -2.14. The molecule has 0 radical (unpaired) electrons. The summed E-state index contributed by atoms with van der Waals surface area (Å²) in [5.74, 6) is -3.67. The molecular formula is C32H38F4O. The summed E-state index contributed by atoms with van der Waals surface area (Å²) in [6.07, 6.45) is 13.4. The van der Waals surface area contributed by atoms with E-state index in [0.717, 1.165) is 44.1 Å². The van der Waals surface area contributed by atoms with E-state index >= 15 is 17.6 Å². The van der Waals surface area contributed by atoms with Gasteiger partial charge in [-0.05, 0) is 79.2 Å². The first kappa shape index (κ1) is 26.5. The Balaban J connectivity index is 1.41. The van der Waals surface area contributed by atoms with Gasteiger partial charge >= 0.3 is 0 Å². The zero-order valence-electron chi connectivity index (χ0n) is 22.1. The number of unbranched alkanes of at least 4 members (excludes halogenated alkanes) is 2. The number of rotatable bonds is 8. The predicted molar refractivity (Wildman–Crippen MR) is 141 cm³/mol. The van der Waals surface area contributed by atoms with Gasteiger partial charge in [0.25, 0.3) is 0 Å². The fourth-order valence-electron chi connectivity index (χ4n) is 6.61. The van der Waals surface area contributed by atoms with Gasteiger partial charge in [-0.3, -0.25) is 0 Å². The standard InChI is InChI=1S/C32H38F4O/c1-3-5-6-8-19-9-11-20(12-10-19)25-16-22-15-23-17-26(21-13-14-24(7-4-2)37-18-21)30(34)32(36)28(23)27(22)31(35)29(25)33/h11,16-17,19,21,24H,3-10,12-15,18H2,1-2H3. The Labute approximate surface area is 218 Å². The molecular weight excluding hydrogens is 476 g/mol. The van der Waals surface area contributed by atoms with Crippen LogP contribution >= 0.6 is 0 Å². The highest BCUT2D eigenvalue weighted by atomic mass is 19.2. The first-order valence-electron chi connectivity index (χ1n) is 14.3. The molecule has 0 spiro atoms. The molecule has 2 aliphatic carbocycles. The van der Waals surface area contributed by atoms with Crippen molar-refractivity contribution in [2.45, 2.75) is 103 Å². The SMILES string of the molecule is CCCCCC1CC=C(c2cc3c(c(F)c2F)-c2c(cc(C4CCC(CCC)OC4)c(F)c2F)C3)CC1. The van der Waals surface area contributed by atoms with Crippen LogP contribution in [0.3, 0.4) is 0 Å². The summed E-state index contributed by atoms with van der Waals surface area (Å²) < 4.78 is 67.4. The van der Waals surface area contributed by atoms with Crippen LogP contribution in [0.25, 0.3) is 16.7 Å². The number of benzene rings is 2. The third kappa shape index (κ3) is 5.13. The van der Waals surface area contributed by atoms with Crippen LogP contribution in [0, 0.1) is 29.2 Å². The average molecular weight is 515 g/mol. The molecule has 200 valence electrons. The van der Waals surface area contributed by atoms with Gasteiger partial charge in [-0.25, -0.2) is 17.6 Å². The van der Waals surface area contributed by atoms with Crippen molar-refractivity contribution in [1.29, 1.82) is 0 Å². The number of hydrogen-bond donors (Lipinski definition) is 0. The lowest BCUT2D eigenvalue weighted by Crippen LogP contribution is -2.25. The number of hydrogen-bond acceptors (Lipinski definition) is 1. The Morgan fingerprint density at radius 3 is 2.22 bits per heavy atom. The molecule has 2 aromatic rings. The normalized spacial score (nSPS) is 23.1. The molecule has 2 aromatic carbocycles. The van der Waals surface area contributed by atoms with Crippen molar-refractivity contribution in [1.82, 2.24) is 0 Å². The molecule has 37 heavy (non-hydrogen) atoms. The van der Waals surface area contributed by atoms with Crippen molar-refractivity contribution in [2.75, 3.05) is 6.61 Å². The Bertz CT molecular complexity index is 1180. The topological polar surface area (TPSA) is 9.23 Å². The summed E-state index contributed by atoms with van der Waals surface area (Å²) >= 11 is 0. The van der Waals surface area contributed by atoms with Crippen LogP contribution in [-0.4, -0.2) is 12.7 Å². The highest BCUT2D eigenvalue weighted by Gasteiger charge is 2.35. The summed E-state index contributed by atoms with van der Waals surface area (Å²) in [6.45, 7) is 4.65. The summed E-state index contributed by atoms with van der Waals surface area (Å²) in [4.78, 5) is 0. The Morgan fingerprint density at radius 1 is 0.811 bits per heavy atom. The van der Waals surface area contributed by atoms with Crippen LogP contribution in [-0.2, 0) is 11.2 Å². The zero-order valence-corrected chi connectivity index (χ0v) is 22.1. The third-order valence-electron chi connectivity index (χ3n) is 8.74. The number of allylic oxidation sites excluding steroid dienone is 2. The molecule has 0 bridgehead atoms. The maximum Gasteiger partial charge on any atom is 0.167 e. The van der Waals surface area contributed by atoms with Gasteiger partial charge in [0.1, 0.15) is 0 Å². The number of halogens is 4. The molecule has 0 amide bonds. The molecule has 1 aliphatic heterocycles. The zero-order chi connectivity index (χ0) is 26.1. The number of fused-ring (bicyclic) bond motifs is 3. The van der Waals surface area contributed by atoms with Crippen LogP contribution in [0.5, 0.6) is 0 Å². The van der Waals surface area contributed by atoms with E-state index in [0.29, 0.717) is 35.6 Å². The first-order chi connectivity index (χ1) is 17.9. The molecule has 3 unspecified atom stereocenters. The van der Waals surface area contributed by atoms with E-state index < -0.39 is 23.3 Å². The van der Waals surface area contributed by atoms with Crippen molar-refractivity contribution in [3.63, 3.8) is 0 Å². The van der Waals surface area contributed by atoms with Gasteiger partial charge in [0.05, 0.1) is 12.7 Å². The van der Waals surface area contributed by atoms with Crippen molar-refractivity contribution >= 4 is 5.57 Å². The van der Waals surface area contributed by atoms with Gasteiger partial charge in [-0.1, -0.05) is 58.1 Å². The maximum atomic E-state index is 15.5. The van der Waals surface area contributed by atoms with Crippen LogP contribution in [0.2, 0.25) is 0 Å². The molecule has 3 aliphatic rings. The quantitative estimate of drug-likeness (QED) is 0.215. The third-order valence-corrected chi connectivity index (χ3v) is 8.74. The second-order valence-electron chi connectivity index (χ2n) is 11.3. The van der Waals surface area contributed by atoms with Crippen LogP contribution in [0.1, 0.15) is 113 Å². The lowest BCUT2D eigenvalue weighted by molar-refractivity contribution is -0.00182. The molecule has 3 atom stereocenters. The Kier molecular flexibility index (Phi) is 8.09. The van der Waals surface area contributed by atoms with Gasteiger partial charge in [0.2, 0.25) is 0 Å². The van der Waals surface area contributed by atoms with Crippen LogP contribution in [0.4, 0.5) is 17.6 Å². The summed E-state index contributed by atoms with van der Waals surface area (Å²) in [5, 5.41) is 0. The molecule has 1 heterocycles. The lowest BCUT2D eigenvalue weighted by atomic mass is 9.83. The molecule has 1 fully saturated rings. The molecule has 5 rings (SSSR count). The smallest absolute Gasteiger partial charge is 0.167 e. The molecule has 0 N–H and O–H groups in total. The van der Waals surface area contributed by atoms with Gasteiger partial charge < -0.3 is 4.74 Å². The monoisotopic (exact) mass is 514 g/mol. The van der Waals surface area contributed by atoms with Crippen molar-refractivity contribution in [3.05, 3.63) is 63.7 Å². The van der Waals surface area contributed by atoms with E-state index in [4.69, 9.17) is 4.74 Å². The highest BCUT2D eigenvalue weighted by molar-refractivity contribution is 5.81. The minimum Gasteiger partial charge on any atom is -0.378 e.